The number of hydrogen-bond acceptors (Lipinski definition) is 1. The van der Waals surface area contributed by atoms with E-state index in [0.29, 0.717) is 0 Å². The SMILES string of the molecule is CC1C(C)C2CNCCC12. The zero-order chi connectivity index (χ0) is 7.14. The van der Waals surface area contributed by atoms with Gasteiger partial charge in [-0.15, -0.1) is 0 Å². The van der Waals surface area contributed by atoms with Crippen LogP contribution in [-0.4, -0.2) is 13.1 Å². The largest absolute Gasteiger partial charge is 0.316 e. The Labute approximate surface area is 63.2 Å². The molecule has 0 aromatic heterocycles. The predicted molar refractivity (Wildman–Crippen MR) is 42.8 cm³/mol. The van der Waals surface area contributed by atoms with Crippen molar-refractivity contribution in [1.29, 1.82) is 0 Å². The normalized spacial score (nSPS) is 53.4. The van der Waals surface area contributed by atoms with Gasteiger partial charge in [0, 0.05) is 0 Å². The van der Waals surface area contributed by atoms with Crippen LogP contribution in [0.1, 0.15) is 20.3 Å². The summed E-state index contributed by atoms with van der Waals surface area (Å²) in [6.45, 7) is 7.37. The minimum atomic E-state index is 0.984. The Balaban J connectivity index is 2.00. The van der Waals surface area contributed by atoms with Crippen molar-refractivity contribution in [3.63, 3.8) is 0 Å². The van der Waals surface area contributed by atoms with Gasteiger partial charge >= 0.3 is 0 Å². The number of hydrogen-bond donors (Lipinski definition) is 1. The van der Waals surface area contributed by atoms with E-state index in [4.69, 9.17) is 0 Å². The van der Waals surface area contributed by atoms with Gasteiger partial charge in [0.25, 0.3) is 0 Å². The molecule has 58 valence electrons. The van der Waals surface area contributed by atoms with Crippen LogP contribution < -0.4 is 5.32 Å². The molecule has 0 aromatic carbocycles. The molecule has 1 saturated heterocycles. The fourth-order valence-corrected chi connectivity index (χ4v) is 2.77. The molecular formula is C9H17N. The summed E-state index contributed by atoms with van der Waals surface area (Å²) in [6.07, 6.45) is 1.43. The lowest BCUT2D eigenvalue weighted by atomic mass is 9.56. The molecule has 1 heteroatoms. The van der Waals surface area contributed by atoms with Gasteiger partial charge in [-0.25, -0.2) is 0 Å². The van der Waals surface area contributed by atoms with E-state index in [1.54, 1.807) is 0 Å². The Kier molecular flexibility index (Phi) is 1.48. The molecule has 2 rings (SSSR count). The highest BCUT2D eigenvalue weighted by molar-refractivity contribution is 4.95. The van der Waals surface area contributed by atoms with Crippen LogP contribution in [0.4, 0.5) is 0 Å². The fourth-order valence-electron chi connectivity index (χ4n) is 2.77. The lowest BCUT2D eigenvalue weighted by molar-refractivity contribution is -0.0200. The van der Waals surface area contributed by atoms with E-state index in [0.717, 1.165) is 23.7 Å². The molecule has 4 atom stereocenters. The quantitative estimate of drug-likeness (QED) is 0.536. The average Bonchev–Trinajstić information content (AvgIpc) is 2.03. The van der Waals surface area contributed by atoms with Gasteiger partial charge in [0.2, 0.25) is 0 Å². The summed E-state index contributed by atoms with van der Waals surface area (Å²) in [6, 6.07) is 0. The number of rotatable bonds is 0. The summed E-state index contributed by atoms with van der Waals surface area (Å²) in [5.74, 6) is 4.07. The van der Waals surface area contributed by atoms with Crippen molar-refractivity contribution in [2.45, 2.75) is 20.3 Å². The van der Waals surface area contributed by atoms with Crippen molar-refractivity contribution in [2.75, 3.05) is 13.1 Å². The molecule has 1 aliphatic carbocycles. The van der Waals surface area contributed by atoms with Crippen molar-refractivity contribution in [3.05, 3.63) is 0 Å². The highest BCUT2D eigenvalue weighted by atomic mass is 14.9. The monoisotopic (exact) mass is 139 g/mol. The first-order valence-electron chi connectivity index (χ1n) is 4.51. The van der Waals surface area contributed by atoms with E-state index in [1.165, 1.54) is 19.5 Å². The molecule has 0 spiro atoms. The lowest BCUT2D eigenvalue weighted by Gasteiger charge is -2.52. The summed E-state index contributed by atoms with van der Waals surface area (Å²) in [5.41, 5.74) is 0. The Morgan fingerprint density at radius 2 is 1.80 bits per heavy atom. The Morgan fingerprint density at radius 3 is 2.50 bits per heavy atom. The maximum absolute atomic E-state index is 3.47. The maximum atomic E-state index is 3.47. The summed E-state index contributed by atoms with van der Waals surface area (Å²) >= 11 is 0. The minimum Gasteiger partial charge on any atom is -0.316 e. The standard InChI is InChI=1S/C9H17N/c1-6-7(2)9-5-10-4-3-8(6)9/h6-10H,3-5H2,1-2H3. The lowest BCUT2D eigenvalue weighted by Crippen LogP contribution is -2.53. The van der Waals surface area contributed by atoms with Gasteiger partial charge in [-0.3, -0.25) is 0 Å². The van der Waals surface area contributed by atoms with E-state index in [-0.39, 0.29) is 0 Å². The summed E-state index contributed by atoms with van der Waals surface area (Å²) in [7, 11) is 0. The molecule has 1 aliphatic heterocycles. The third-order valence-electron chi connectivity index (χ3n) is 3.76. The van der Waals surface area contributed by atoms with Gasteiger partial charge < -0.3 is 5.32 Å². The van der Waals surface area contributed by atoms with E-state index in [1.807, 2.05) is 0 Å². The Morgan fingerprint density at radius 1 is 1.10 bits per heavy atom. The molecule has 1 N–H and O–H groups in total. The molecule has 0 bridgehead atoms. The Hall–Kier alpha value is -0.0400. The van der Waals surface area contributed by atoms with Crippen molar-refractivity contribution >= 4 is 0 Å². The van der Waals surface area contributed by atoms with Crippen LogP contribution in [0.5, 0.6) is 0 Å². The molecule has 2 aliphatic rings. The van der Waals surface area contributed by atoms with E-state index >= 15 is 0 Å². The molecule has 1 saturated carbocycles. The number of nitrogens with one attached hydrogen (secondary N) is 1. The highest BCUT2D eigenvalue weighted by Gasteiger charge is 2.45. The summed E-state index contributed by atoms with van der Waals surface area (Å²) in [5, 5.41) is 3.47. The summed E-state index contributed by atoms with van der Waals surface area (Å²) in [4.78, 5) is 0. The van der Waals surface area contributed by atoms with E-state index in [2.05, 4.69) is 19.2 Å². The molecule has 0 aromatic rings. The number of piperidine rings is 1. The zero-order valence-electron chi connectivity index (χ0n) is 6.93. The van der Waals surface area contributed by atoms with Gasteiger partial charge in [-0.2, -0.15) is 0 Å². The second-order valence-electron chi connectivity index (χ2n) is 4.04. The predicted octanol–water partition coefficient (Wildman–Crippen LogP) is 1.50. The Bertz CT molecular complexity index is 117. The van der Waals surface area contributed by atoms with Gasteiger partial charge in [0.15, 0.2) is 0 Å². The summed E-state index contributed by atoms with van der Waals surface area (Å²) < 4.78 is 0. The van der Waals surface area contributed by atoms with Gasteiger partial charge in [-0.05, 0) is 43.2 Å². The molecular weight excluding hydrogens is 122 g/mol. The molecule has 2 fully saturated rings. The second-order valence-corrected chi connectivity index (χ2v) is 4.04. The molecule has 4 unspecified atom stereocenters. The van der Waals surface area contributed by atoms with Crippen LogP contribution in [0, 0.1) is 23.7 Å². The first kappa shape index (κ1) is 6.66. The highest BCUT2D eigenvalue weighted by Crippen LogP contribution is 2.48. The van der Waals surface area contributed by atoms with Gasteiger partial charge in [-0.1, -0.05) is 13.8 Å². The van der Waals surface area contributed by atoms with Crippen LogP contribution in [0.15, 0.2) is 0 Å². The topological polar surface area (TPSA) is 12.0 Å². The zero-order valence-corrected chi connectivity index (χ0v) is 6.93. The molecule has 0 radical (unpaired) electrons. The van der Waals surface area contributed by atoms with Crippen LogP contribution in [-0.2, 0) is 0 Å². The van der Waals surface area contributed by atoms with Crippen molar-refractivity contribution in [2.24, 2.45) is 23.7 Å². The molecule has 1 heterocycles. The third-order valence-corrected chi connectivity index (χ3v) is 3.76. The van der Waals surface area contributed by atoms with Crippen LogP contribution in [0.25, 0.3) is 0 Å². The first-order chi connectivity index (χ1) is 4.80. The van der Waals surface area contributed by atoms with Crippen LogP contribution in [0.2, 0.25) is 0 Å². The number of fused-ring (bicyclic) bond motifs is 1. The van der Waals surface area contributed by atoms with Crippen LogP contribution >= 0.6 is 0 Å². The van der Waals surface area contributed by atoms with E-state index in [9.17, 15) is 0 Å². The van der Waals surface area contributed by atoms with Crippen molar-refractivity contribution in [1.82, 2.24) is 5.32 Å². The molecule has 0 amide bonds. The van der Waals surface area contributed by atoms with Gasteiger partial charge in [0.05, 0.1) is 0 Å². The molecule has 10 heavy (non-hydrogen) atoms. The van der Waals surface area contributed by atoms with E-state index < -0.39 is 0 Å². The average molecular weight is 139 g/mol. The smallest absolute Gasteiger partial charge is 0.00151 e. The van der Waals surface area contributed by atoms with Crippen LogP contribution in [0.3, 0.4) is 0 Å². The maximum Gasteiger partial charge on any atom is -0.00151 e. The fraction of sp³-hybridized carbons (Fsp3) is 1.00. The second kappa shape index (κ2) is 2.23. The van der Waals surface area contributed by atoms with Crippen molar-refractivity contribution in [3.8, 4) is 0 Å². The minimum absolute atomic E-state index is 0.984. The first-order valence-corrected chi connectivity index (χ1v) is 4.51. The third kappa shape index (κ3) is 0.731. The molecule has 1 nitrogen and oxygen atoms in total. The van der Waals surface area contributed by atoms with Gasteiger partial charge in [0.1, 0.15) is 0 Å². The van der Waals surface area contributed by atoms with Crippen molar-refractivity contribution < 1.29 is 0 Å².